The molecule has 0 aromatic heterocycles. The summed E-state index contributed by atoms with van der Waals surface area (Å²) in [6.45, 7) is 3.96. The van der Waals surface area contributed by atoms with Gasteiger partial charge in [-0.15, -0.1) is 0 Å². The molecule has 20 heavy (non-hydrogen) atoms. The summed E-state index contributed by atoms with van der Waals surface area (Å²) in [5.74, 6) is -0.390. The van der Waals surface area contributed by atoms with Crippen molar-refractivity contribution in [3.8, 4) is 0 Å². The molecule has 2 saturated heterocycles. The van der Waals surface area contributed by atoms with Gasteiger partial charge in [-0.25, -0.2) is 0 Å². The maximum absolute atomic E-state index is 12.2. The highest BCUT2D eigenvalue weighted by molar-refractivity contribution is 5.89. The van der Waals surface area contributed by atoms with Crippen LogP contribution < -0.4 is 5.32 Å². The van der Waals surface area contributed by atoms with Crippen LogP contribution in [0.5, 0.6) is 0 Å². The molecule has 0 aromatic carbocycles. The summed E-state index contributed by atoms with van der Waals surface area (Å²) in [5, 5.41) is 2.69. The molecule has 0 aromatic rings. The minimum Gasteiger partial charge on any atom is -0.469 e. The van der Waals surface area contributed by atoms with Gasteiger partial charge < -0.3 is 15.0 Å². The first-order chi connectivity index (χ1) is 9.60. The van der Waals surface area contributed by atoms with Crippen molar-refractivity contribution in [3.05, 3.63) is 0 Å². The minimum atomic E-state index is -0.209. The van der Waals surface area contributed by atoms with Gasteiger partial charge in [-0.1, -0.05) is 0 Å². The Morgan fingerprint density at radius 2 is 2.00 bits per heavy atom. The Hall–Kier alpha value is -1.63. The standard InChI is InChI=1S/C13H21N3O4/c1-20-12(18)2-3-15-4-6-16(7-5-15)13(19)10-8-11(17)14-9-10/h10H,2-9H2,1H3,(H,14,17). The van der Waals surface area contributed by atoms with Crippen molar-refractivity contribution < 1.29 is 19.1 Å². The zero-order chi connectivity index (χ0) is 14.5. The maximum atomic E-state index is 12.2. The van der Waals surface area contributed by atoms with Crippen LogP contribution in [-0.2, 0) is 19.1 Å². The molecule has 0 spiro atoms. The Morgan fingerprint density at radius 1 is 1.30 bits per heavy atom. The number of amides is 2. The molecule has 0 bridgehead atoms. The van der Waals surface area contributed by atoms with Crippen molar-refractivity contribution in [2.24, 2.45) is 5.92 Å². The highest BCUT2D eigenvalue weighted by Gasteiger charge is 2.32. The second-order valence-corrected chi connectivity index (χ2v) is 5.20. The zero-order valence-electron chi connectivity index (χ0n) is 11.8. The van der Waals surface area contributed by atoms with E-state index >= 15 is 0 Å². The van der Waals surface area contributed by atoms with Crippen LogP contribution in [0.25, 0.3) is 0 Å². The largest absolute Gasteiger partial charge is 0.469 e. The van der Waals surface area contributed by atoms with Crippen molar-refractivity contribution in [2.45, 2.75) is 12.8 Å². The van der Waals surface area contributed by atoms with E-state index in [4.69, 9.17) is 0 Å². The van der Waals surface area contributed by atoms with Gasteiger partial charge in [0.25, 0.3) is 0 Å². The summed E-state index contributed by atoms with van der Waals surface area (Å²) < 4.78 is 4.61. The van der Waals surface area contributed by atoms with E-state index in [9.17, 15) is 14.4 Å². The fraction of sp³-hybridized carbons (Fsp3) is 0.769. The average Bonchev–Trinajstić information content (AvgIpc) is 2.91. The highest BCUT2D eigenvalue weighted by Crippen LogP contribution is 2.14. The summed E-state index contributed by atoms with van der Waals surface area (Å²) in [6, 6.07) is 0. The molecule has 2 aliphatic heterocycles. The minimum absolute atomic E-state index is 0.0416. The summed E-state index contributed by atoms with van der Waals surface area (Å²) >= 11 is 0. The molecule has 0 aliphatic carbocycles. The van der Waals surface area contributed by atoms with Gasteiger partial charge in [0.1, 0.15) is 0 Å². The fourth-order valence-electron chi connectivity index (χ4n) is 2.58. The Labute approximate surface area is 118 Å². The quantitative estimate of drug-likeness (QED) is 0.658. The van der Waals surface area contributed by atoms with Gasteiger partial charge in [-0.3, -0.25) is 19.3 Å². The maximum Gasteiger partial charge on any atom is 0.306 e. The van der Waals surface area contributed by atoms with Crippen LogP contribution in [0, 0.1) is 5.92 Å². The van der Waals surface area contributed by atoms with Crippen LogP contribution >= 0.6 is 0 Å². The number of hydrogen-bond acceptors (Lipinski definition) is 5. The molecule has 1 atom stereocenters. The summed E-state index contributed by atoms with van der Waals surface area (Å²) in [4.78, 5) is 38.4. The van der Waals surface area contributed by atoms with Crippen molar-refractivity contribution in [1.29, 1.82) is 0 Å². The summed E-state index contributed by atoms with van der Waals surface area (Å²) in [7, 11) is 1.38. The van der Waals surface area contributed by atoms with E-state index in [2.05, 4.69) is 15.0 Å². The van der Waals surface area contributed by atoms with Crippen molar-refractivity contribution >= 4 is 17.8 Å². The second-order valence-electron chi connectivity index (χ2n) is 5.20. The van der Waals surface area contributed by atoms with E-state index < -0.39 is 0 Å². The molecule has 7 heteroatoms. The van der Waals surface area contributed by atoms with Crippen molar-refractivity contribution in [3.63, 3.8) is 0 Å². The van der Waals surface area contributed by atoms with Crippen LogP contribution in [0.2, 0.25) is 0 Å². The lowest BCUT2D eigenvalue weighted by Crippen LogP contribution is -2.50. The van der Waals surface area contributed by atoms with Crippen molar-refractivity contribution in [1.82, 2.24) is 15.1 Å². The fourth-order valence-corrected chi connectivity index (χ4v) is 2.58. The van der Waals surface area contributed by atoms with Crippen molar-refractivity contribution in [2.75, 3.05) is 46.4 Å². The molecule has 2 fully saturated rings. The normalized spacial score (nSPS) is 23.6. The first-order valence-corrected chi connectivity index (χ1v) is 6.95. The number of esters is 1. The van der Waals surface area contributed by atoms with Crippen LogP contribution in [0.4, 0.5) is 0 Å². The summed E-state index contributed by atoms with van der Waals surface area (Å²) in [5.41, 5.74) is 0. The third kappa shape index (κ3) is 3.69. The number of rotatable bonds is 4. The number of methoxy groups -OCH3 is 1. The van der Waals surface area contributed by atoms with E-state index in [-0.39, 0.29) is 23.7 Å². The molecular weight excluding hydrogens is 262 g/mol. The number of ether oxygens (including phenoxy) is 1. The smallest absolute Gasteiger partial charge is 0.306 e. The average molecular weight is 283 g/mol. The highest BCUT2D eigenvalue weighted by atomic mass is 16.5. The van der Waals surface area contributed by atoms with E-state index in [1.54, 1.807) is 0 Å². The predicted molar refractivity (Wildman–Crippen MR) is 70.8 cm³/mol. The van der Waals surface area contributed by atoms with Gasteiger partial charge >= 0.3 is 5.97 Å². The molecule has 0 radical (unpaired) electrons. The van der Waals surface area contributed by atoms with E-state index in [1.807, 2.05) is 4.90 Å². The number of piperazine rings is 1. The molecule has 2 amide bonds. The first-order valence-electron chi connectivity index (χ1n) is 6.95. The molecule has 1 unspecified atom stereocenters. The lowest BCUT2D eigenvalue weighted by Gasteiger charge is -2.35. The molecule has 7 nitrogen and oxygen atoms in total. The number of hydrogen-bond donors (Lipinski definition) is 1. The summed E-state index contributed by atoms with van der Waals surface area (Å²) in [6.07, 6.45) is 0.687. The Balaban J connectivity index is 1.72. The van der Waals surface area contributed by atoms with Crippen LogP contribution in [0.3, 0.4) is 0 Å². The van der Waals surface area contributed by atoms with Gasteiger partial charge in [0.2, 0.25) is 11.8 Å². The van der Waals surface area contributed by atoms with Gasteiger partial charge in [-0.2, -0.15) is 0 Å². The molecular formula is C13H21N3O4. The van der Waals surface area contributed by atoms with Crippen LogP contribution in [-0.4, -0.2) is 74.0 Å². The lowest BCUT2D eigenvalue weighted by molar-refractivity contribution is -0.142. The first kappa shape index (κ1) is 14.8. The van der Waals surface area contributed by atoms with E-state index in [1.165, 1.54) is 7.11 Å². The monoisotopic (exact) mass is 283 g/mol. The Bertz CT molecular complexity index is 391. The predicted octanol–water partition coefficient (Wildman–Crippen LogP) is -1.17. The molecule has 2 rings (SSSR count). The van der Waals surface area contributed by atoms with Gasteiger partial charge in [0.05, 0.1) is 19.4 Å². The lowest BCUT2D eigenvalue weighted by atomic mass is 10.1. The molecule has 2 aliphatic rings. The molecule has 0 saturated carbocycles. The molecule has 1 N–H and O–H groups in total. The van der Waals surface area contributed by atoms with Gasteiger partial charge in [-0.05, 0) is 0 Å². The van der Waals surface area contributed by atoms with Gasteiger partial charge in [0.15, 0.2) is 0 Å². The Kier molecular flexibility index (Phi) is 4.94. The Morgan fingerprint density at radius 3 is 2.55 bits per heavy atom. The third-order valence-electron chi connectivity index (χ3n) is 3.87. The third-order valence-corrected chi connectivity index (χ3v) is 3.87. The number of carbonyl (C=O) groups excluding carboxylic acids is 3. The van der Waals surface area contributed by atoms with Crippen LogP contribution in [0.15, 0.2) is 0 Å². The van der Waals surface area contributed by atoms with E-state index in [0.29, 0.717) is 39.0 Å². The molecule has 112 valence electrons. The zero-order valence-corrected chi connectivity index (χ0v) is 11.8. The van der Waals surface area contributed by atoms with Gasteiger partial charge in [0, 0.05) is 45.7 Å². The SMILES string of the molecule is COC(=O)CCN1CCN(C(=O)C2CNC(=O)C2)CC1. The van der Waals surface area contributed by atoms with Crippen LogP contribution in [0.1, 0.15) is 12.8 Å². The molecule has 2 heterocycles. The second kappa shape index (κ2) is 6.69. The number of nitrogens with one attached hydrogen (secondary N) is 1. The number of carbonyl (C=O) groups is 3. The topological polar surface area (TPSA) is 79.0 Å². The number of nitrogens with zero attached hydrogens (tertiary/aromatic N) is 2. The van der Waals surface area contributed by atoms with E-state index in [0.717, 1.165) is 13.1 Å².